The van der Waals surface area contributed by atoms with E-state index >= 15 is 0 Å². The molecule has 1 nitrogen and oxygen atoms in total. The van der Waals surface area contributed by atoms with E-state index in [4.69, 9.17) is 0 Å². The van der Waals surface area contributed by atoms with Gasteiger partial charge in [0.15, 0.2) is 0 Å². The zero-order valence-electron chi connectivity index (χ0n) is 8.40. The molecule has 1 atom stereocenters. The van der Waals surface area contributed by atoms with Crippen LogP contribution in [0.4, 0.5) is 0 Å². The van der Waals surface area contributed by atoms with Crippen LogP contribution in [0.3, 0.4) is 0 Å². The monoisotopic (exact) mass is 167 g/mol. The molecule has 1 rings (SSSR count). The highest BCUT2D eigenvalue weighted by molar-refractivity contribution is 5.07. The molecule has 1 unspecified atom stereocenters. The van der Waals surface area contributed by atoms with Crippen LogP contribution in [0.1, 0.15) is 46.0 Å². The molecule has 0 saturated carbocycles. The van der Waals surface area contributed by atoms with Gasteiger partial charge in [-0.15, -0.1) is 0 Å². The largest absolute Gasteiger partial charge is 0.314 e. The highest BCUT2D eigenvalue weighted by Gasteiger charge is 2.04. The van der Waals surface area contributed by atoms with Crippen molar-refractivity contribution < 1.29 is 0 Å². The minimum absolute atomic E-state index is 0.687. The molecule has 0 fully saturated rings. The lowest BCUT2D eigenvalue weighted by molar-refractivity contribution is 0.535. The molecule has 0 radical (unpaired) electrons. The molecule has 1 aliphatic carbocycles. The molecule has 0 amide bonds. The molecule has 1 aliphatic rings. The normalized spacial score (nSPS) is 19.3. The molecule has 12 heavy (non-hydrogen) atoms. The number of allylic oxidation sites excluding steroid dienone is 1. The standard InChI is InChI=1S/C11H21N/c1-3-10(2)12-9-8-11-6-4-5-7-11/h6,10,12H,3-5,7-9H2,1-2H3. The predicted molar refractivity (Wildman–Crippen MR) is 54.3 cm³/mol. The topological polar surface area (TPSA) is 12.0 Å². The molecule has 0 aromatic rings. The predicted octanol–water partition coefficient (Wildman–Crippen LogP) is 2.87. The van der Waals surface area contributed by atoms with E-state index in [9.17, 15) is 0 Å². The second-order valence-corrected chi connectivity index (χ2v) is 3.77. The molecule has 1 heteroatoms. The third-order valence-corrected chi connectivity index (χ3v) is 2.69. The second-order valence-electron chi connectivity index (χ2n) is 3.77. The summed E-state index contributed by atoms with van der Waals surface area (Å²) in [6, 6.07) is 0.687. The van der Waals surface area contributed by atoms with E-state index < -0.39 is 0 Å². The molecular formula is C11H21N. The summed E-state index contributed by atoms with van der Waals surface area (Å²) in [6.45, 7) is 5.65. The van der Waals surface area contributed by atoms with Crippen molar-refractivity contribution in [1.82, 2.24) is 5.32 Å². The summed E-state index contributed by atoms with van der Waals surface area (Å²) in [4.78, 5) is 0. The van der Waals surface area contributed by atoms with Gasteiger partial charge in [0.2, 0.25) is 0 Å². The zero-order chi connectivity index (χ0) is 8.81. The van der Waals surface area contributed by atoms with Crippen molar-refractivity contribution in [3.05, 3.63) is 11.6 Å². The Labute approximate surface area is 76.2 Å². The first-order valence-electron chi connectivity index (χ1n) is 5.24. The van der Waals surface area contributed by atoms with E-state index in [1.165, 1.54) is 38.6 Å². The zero-order valence-corrected chi connectivity index (χ0v) is 8.40. The van der Waals surface area contributed by atoms with Crippen molar-refractivity contribution in [1.29, 1.82) is 0 Å². The Morgan fingerprint density at radius 3 is 3.00 bits per heavy atom. The summed E-state index contributed by atoms with van der Waals surface area (Å²) in [5.41, 5.74) is 1.67. The molecular weight excluding hydrogens is 146 g/mol. The van der Waals surface area contributed by atoms with Crippen LogP contribution >= 0.6 is 0 Å². The van der Waals surface area contributed by atoms with Gasteiger partial charge in [-0.25, -0.2) is 0 Å². The quantitative estimate of drug-likeness (QED) is 0.621. The van der Waals surface area contributed by atoms with Gasteiger partial charge >= 0.3 is 0 Å². The van der Waals surface area contributed by atoms with Gasteiger partial charge in [0, 0.05) is 6.04 Å². The minimum Gasteiger partial charge on any atom is -0.314 e. The highest BCUT2D eigenvalue weighted by Crippen LogP contribution is 2.19. The SMILES string of the molecule is CCC(C)NCCC1=CCCC1. The summed E-state index contributed by atoms with van der Waals surface area (Å²) in [7, 11) is 0. The molecule has 0 heterocycles. The van der Waals surface area contributed by atoms with Gasteiger partial charge in [0.1, 0.15) is 0 Å². The lowest BCUT2D eigenvalue weighted by Gasteiger charge is -2.10. The van der Waals surface area contributed by atoms with Gasteiger partial charge in [0.25, 0.3) is 0 Å². The fraction of sp³-hybridized carbons (Fsp3) is 0.818. The third-order valence-electron chi connectivity index (χ3n) is 2.69. The molecule has 0 spiro atoms. The summed E-state index contributed by atoms with van der Waals surface area (Å²) < 4.78 is 0. The van der Waals surface area contributed by atoms with Crippen LogP contribution in [-0.4, -0.2) is 12.6 Å². The van der Waals surface area contributed by atoms with E-state index in [1.807, 2.05) is 0 Å². The summed E-state index contributed by atoms with van der Waals surface area (Å²) in [5.74, 6) is 0. The van der Waals surface area contributed by atoms with Crippen LogP contribution < -0.4 is 5.32 Å². The van der Waals surface area contributed by atoms with Crippen molar-refractivity contribution in [2.45, 2.75) is 52.0 Å². The first-order chi connectivity index (χ1) is 5.83. The summed E-state index contributed by atoms with van der Waals surface area (Å²) in [6.07, 6.45) is 8.97. The summed E-state index contributed by atoms with van der Waals surface area (Å²) >= 11 is 0. The van der Waals surface area contributed by atoms with Crippen LogP contribution in [0.25, 0.3) is 0 Å². The summed E-state index contributed by atoms with van der Waals surface area (Å²) in [5, 5.41) is 3.52. The van der Waals surface area contributed by atoms with E-state index in [1.54, 1.807) is 5.57 Å². The van der Waals surface area contributed by atoms with Gasteiger partial charge in [-0.3, -0.25) is 0 Å². The Balaban J connectivity index is 2.01. The van der Waals surface area contributed by atoms with Crippen LogP contribution in [0.5, 0.6) is 0 Å². The molecule has 0 aliphatic heterocycles. The molecule has 0 bridgehead atoms. The smallest absolute Gasteiger partial charge is 0.00362 e. The lowest BCUT2D eigenvalue weighted by Crippen LogP contribution is -2.26. The first-order valence-corrected chi connectivity index (χ1v) is 5.24. The Kier molecular flexibility index (Phi) is 4.37. The fourth-order valence-electron chi connectivity index (χ4n) is 1.59. The minimum atomic E-state index is 0.687. The lowest BCUT2D eigenvalue weighted by atomic mass is 10.1. The van der Waals surface area contributed by atoms with Gasteiger partial charge in [-0.05, 0) is 45.6 Å². The van der Waals surface area contributed by atoms with Crippen molar-refractivity contribution >= 4 is 0 Å². The molecule has 1 N–H and O–H groups in total. The molecule has 0 aromatic heterocycles. The average Bonchev–Trinajstić information content (AvgIpc) is 2.57. The maximum atomic E-state index is 3.52. The van der Waals surface area contributed by atoms with Gasteiger partial charge in [-0.1, -0.05) is 18.6 Å². The first kappa shape index (κ1) is 9.79. The van der Waals surface area contributed by atoms with Crippen LogP contribution in [0, 0.1) is 0 Å². The number of hydrogen-bond donors (Lipinski definition) is 1. The van der Waals surface area contributed by atoms with E-state index in [0.29, 0.717) is 6.04 Å². The van der Waals surface area contributed by atoms with E-state index in [-0.39, 0.29) is 0 Å². The molecule has 0 aromatic carbocycles. The van der Waals surface area contributed by atoms with Gasteiger partial charge < -0.3 is 5.32 Å². The van der Waals surface area contributed by atoms with Crippen LogP contribution in [-0.2, 0) is 0 Å². The maximum absolute atomic E-state index is 3.52. The maximum Gasteiger partial charge on any atom is 0.00362 e. The number of hydrogen-bond acceptors (Lipinski definition) is 1. The third kappa shape index (κ3) is 3.40. The second kappa shape index (κ2) is 5.36. The average molecular weight is 167 g/mol. The Hall–Kier alpha value is -0.300. The van der Waals surface area contributed by atoms with Crippen molar-refractivity contribution in [3.8, 4) is 0 Å². The van der Waals surface area contributed by atoms with Crippen LogP contribution in [0.15, 0.2) is 11.6 Å². The van der Waals surface area contributed by atoms with E-state index in [2.05, 4.69) is 25.2 Å². The van der Waals surface area contributed by atoms with Crippen molar-refractivity contribution in [2.75, 3.05) is 6.54 Å². The van der Waals surface area contributed by atoms with Gasteiger partial charge in [0.05, 0.1) is 0 Å². The van der Waals surface area contributed by atoms with Crippen molar-refractivity contribution in [2.24, 2.45) is 0 Å². The van der Waals surface area contributed by atoms with E-state index in [0.717, 1.165) is 0 Å². The van der Waals surface area contributed by atoms with Crippen molar-refractivity contribution in [3.63, 3.8) is 0 Å². The Morgan fingerprint density at radius 1 is 1.58 bits per heavy atom. The molecule has 0 saturated heterocycles. The van der Waals surface area contributed by atoms with Crippen LogP contribution in [0.2, 0.25) is 0 Å². The Bertz CT molecular complexity index is 149. The number of rotatable bonds is 5. The fourth-order valence-corrected chi connectivity index (χ4v) is 1.59. The Morgan fingerprint density at radius 2 is 2.42 bits per heavy atom. The van der Waals surface area contributed by atoms with Gasteiger partial charge in [-0.2, -0.15) is 0 Å². The number of nitrogens with one attached hydrogen (secondary N) is 1. The molecule has 70 valence electrons. The highest BCUT2D eigenvalue weighted by atomic mass is 14.9.